The molecule has 3 atom stereocenters. The third-order valence-electron chi connectivity index (χ3n) is 2.71. The van der Waals surface area contributed by atoms with Gasteiger partial charge in [0, 0.05) is 17.5 Å². The van der Waals surface area contributed by atoms with Gasteiger partial charge < -0.3 is 25.2 Å². The largest absolute Gasteiger partial charge is 0.394 e. The number of non-ortho nitro benzene ring substituents is 1. The summed E-state index contributed by atoms with van der Waals surface area (Å²) < 4.78 is 0. The third-order valence-corrected chi connectivity index (χ3v) is 2.71. The van der Waals surface area contributed by atoms with Crippen LogP contribution in [0, 0.1) is 10.1 Å². The fourth-order valence-electron chi connectivity index (χ4n) is 1.46. The quantitative estimate of drug-likeness (QED) is 0.258. The number of aromatic amines is 1. The topological polar surface area (TPSA) is 170 Å². The molecule has 0 saturated heterocycles. The van der Waals surface area contributed by atoms with Crippen LogP contribution >= 0.6 is 0 Å². The van der Waals surface area contributed by atoms with E-state index in [1.165, 1.54) is 12.1 Å². The van der Waals surface area contributed by atoms with Crippen molar-refractivity contribution in [3.63, 3.8) is 0 Å². The number of fused-ring (bicyclic) bond motifs is 1. The Hall–Kier alpha value is -2.40. The van der Waals surface area contributed by atoms with Crippen LogP contribution in [-0.2, 0) is 4.79 Å². The fraction of sp³-hybridized carbons (Fsp3) is 0.333. The van der Waals surface area contributed by atoms with E-state index in [4.69, 9.17) is 20.4 Å². The molecule has 3 unspecified atom stereocenters. The summed E-state index contributed by atoms with van der Waals surface area (Å²) in [5, 5.41) is 51.6. The Kier molecular flexibility index (Phi) is 6.53. The molecular weight excluding hydrogens is 298 g/mol. The number of carbonyl (C=O) groups excluding carboxylic acids is 1. The van der Waals surface area contributed by atoms with Crippen LogP contribution in [0.15, 0.2) is 24.4 Å². The first-order valence-electron chi connectivity index (χ1n) is 6.08. The molecular formula is C12H15N3O7. The average Bonchev–Trinajstić information content (AvgIpc) is 3.00. The Labute approximate surface area is 123 Å². The predicted molar refractivity (Wildman–Crippen MR) is 73.9 cm³/mol. The minimum Gasteiger partial charge on any atom is -0.394 e. The molecule has 0 aliphatic carbocycles. The number of carbonyl (C=O) groups is 1. The van der Waals surface area contributed by atoms with Crippen molar-refractivity contribution in [3.8, 4) is 0 Å². The molecule has 0 fully saturated rings. The molecule has 1 aromatic heterocycles. The molecule has 5 N–H and O–H groups in total. The summed E-state index contributed by atoms with van der Waals surface area (Å²) in [7, 11) is 0. The standard InChI is InChI=1S/C7H5N3O2.C5H10O5/c11-10(12)6-1-2-7-5(3-6)4-8-9-7;6-1-3(8)5(10)4(9)2-7/h1-4H,(H,8,9);1,3-5,7-10H,2H2. The molecule has 10 heteroatoms. The van der Waals surface area contributed by atoms with Crippen LogP contribution in [-0.4, -0.2) is 66.8 Å². The van der Waals surface area contributed by atoms with Gasteiger partial charge in [-0.2, -0.15) is 5.10 Å². The van der Waals surface area contributed by atoms with E-state index in [0.29, 0.717) is 0 Å². The van der Waals surface area contributed by atoms with Crippen molar-refractivity contribution < 1.29 is 30.1 Å². The summed E-state index contributed by atoms with van der Waals surface area (Å²) >= 11 is 0. The van der Waals surface area contributed by atoms with E-state index in [0.717, 1.165) is 10.9 Å². The van der Waals surface area contributed by atoms with E-state index < -0.39 is 29.8 Å². The lowest BCUT2D eigenvalue weighted by Gasteiger charge is -2.16. The monoisotopic (exact) mass is 313 g/mol. The van der Waals surface area contributed by atoms with Gasteiger partial charge in [0.25, 0.3) is 5.69 Å². The number of H-pyrrole nitrogens is 1. The number of nitro benzene ring substituents is 1. The number of aromatic nitrogens is 2. The molecule has 1 heterocycles. The number of aldehydes is 1. The van der Waals surface area contributed by atoms with Gasteiger partial charge in [-0.3, -0.25) is 15.2 Å². The van der Waals surface area contributed by atoms with E-state index in [1.807, 2.05) is 0 Å². The summed E-state index contributed by atoms with van der Waals surface area (Å²) in [4.78, 5) is 19.7. The molecule has 0 saturated carbocycles. The number of aliphatic hydroxyl groups excluding tert-OH is 4. The maximum Gasteiger partial charge on any atom is 0.270 e. The summed E-state index contributed by atoms with van der Waals surface area (Å²) in [6, 6.07) is 4.57. The Morgan fingerprint density at radius 2 is 2.05 bits per heavy atom. The van der Waals surface area contributed by atoms with Crippen molar-refractivity contribution in [3.05, 3.63) is 34.5 Å². The lowest BCUT2D eigenvalue weighted by molar-refractivity contribution is -0.384. The number of aliphatic hydroxyl groups is 4. The number of benzene rings is 1. The van der Waals surface area contributed by atoms with Crippen LogP contribution in [0.25, 0.3) is 10.9 Å². The molecule has 10 nitrogen and oxygen atoms in total. The summed E-state index contributed by atoms with van der Waals surface area (Å²) in [6.45, 7) is -0.688. The minimum absolute atomic E-state index is 0.0869. The highest BCUT2D eigenvalue weighted by atomic mass is 16.6. The molecule has 0 bridgehead atoms. The van der Waals surface area contributed by atoms with E-state index in [9.17, 15) is 14.9 Å². The van der Waals surface area contributed by atoms with Gasteiger partial charge in [-0.05, 0) is 6.07 Å². The molecule has 0 aliphatic rings. The first-order chi connectivity index (χ1) is 10.4. The lowest BCUT2D eigenvalue weighted by atomic mass is 10.1. The maximum atomic E-state index is 10.3. The number of rotatable bonds is 5. The molecule has 0 radical (unpaired) electrons. The van der Waals surface area contributed by atoms with Gasteiger partial charge in [-0.15, -0.1) is 0 Å². The van der Waals surface area contributed by atoms with Crippen molar-refractivity contribution in [2.75, 3.05) is 6.61 Å². The van der Waals surface area contributed by atoms with Gasteiger partial charge in [0.1, 0.15) is 18.3 Å². The van der Waals surface area contributed by atoms with Crippen LogP contribution in [0.4, 0.5) is 5.69 Å². The summed E-state index contributed by atoms with van der Waals surface area (Å²) in [5.41, 5.74) is 0.893. The molecule has 2 aromatic rings. The van der Waals surface area contributed by atoms with E-state index in [2.05, 4.69) is 10.2 Å². The average molecular weight is 313 g/mol. The van der Waals surface area contributed by atoms with Gasteiger partial charge >= 0.3 is 0 Å². The number of hydrogen-bond donors (Lipinski definition) is 5. The number of nitrogens with zero attached hydrogens (tertiary/aromatic N) is 2. The van der Waals surface area contributed by atoms with Crippen molar-refractivity contribution in [2.24, 2.45) is 0 Å². The molecule has 0 spiro atoms. The zero-order chi connectivity index (χ0) is 16.7. The molecule has 2 rings (SSSR count). The second-order valence-electron chi connectivity index (χ2n) is 4.27. The predicted octanol–water partition coefficient (Wildman–Crippen LogP) is -1.27. The highest BCUT2D eigenvalue weighted by Crippen LogP contribution is 2.17. The SMILES string of the molecule is O=CC(O)C(O)C(O)CO.O=[N+]([O-])c1ccc2[nH]ncc2c1. The van der Waals surface area contributed by atoms with Gasteiger partial charge in [-0.1, -0.05) is 0 Å². The highest BCUT2D eigenvalue weighted by molar-refractivity contribution is 5.80. The first kappa shape index (κ1) is 17.7. The van der Waals surface area contributed by atoms with Gasteiger partial charge in [0.2, 0.25) is 0 Å². The van der Waals surface area contributed by atoms with Crippen molar-refractivity contribution >= 4 is 22.9 Å². The number of nitrogens with one attached hydrogen (secondary N) is 1. The summed E-state index contributed by atoms with van der Waals surface area (Å²) in [6.07, 6.45) is -3.07. The van der Waals surface area contributed by atoms with Crippen LogP contribution in [0.5, 0.6) is 0 Å². The minimum atomic E-state index is -1.64. The van der Waals surface area contributed by atoms with Gasteiger partial charge in [0.05, 0.1) is 23.2 Å². The van der Waals surface area contributed by atoms with Gasteiger partial charge in [0.15, 0.2) is 6.29 Å². The van der Waals surface area contributed by atoms with E-state index in [-0.39, 0.29) is 12.0 Å². The van der Waals surface area contributed by atoms with Crippen LogP contribution in [0.1, 0.15) is 0 Å². The molecule has 22 heavy (non-hydrogen) atoms. The zero-order valence-corrected chi connectivity index (χ0v) is 11.2. The maximum absolute atomic E-state index is 10.3. The molecule has 120 valence electrons. The first-order valence-corrected chi connectivity index (χ1v) is 6.08. The Morgan fingerprint density at radius 1 is 1.36 bits per heavy atom. The fourth-order valence-corrected chi connectivity index (χ4v) is 1.46. The second-order valence-corrected chi connectivity index (χ2v) is 4.27. The smallest absolute Gasteiger partial charge is 0.270 e. The van der Waals surface area contributed by atoms with Crippen LogP contribution in [0.2, 0.25) is 0 Å². The number of hydrogen-bond acceptors (Lipinski definition) is 8. The Bertz CT molecular complexity index is 630. The van der Waals surface area contributed by atoms with Crippen molar-refractivity contribution in [2.45, 2.75) is 18.3 Å². The normalized spacial score (nSPS) is 14.5. The van der Waals surface area contributed by atoms with E-state index >= 15 is 0 Å². The summed E-state index contributed by atoms with van der Waals surface area (Å²) in [5.74, 6) is 0. The van der Waals surface area contributed by atoms with Gasteiger partial charge in [-0.25, -0.2) is 0 Å². The molecule has 1 aromatic carbocycles. The lowest BCUT2D eigenvalue weighted by Crippen LogP contribution is -2.40. The van der Waals surface area contributed by atoms with E-state index in [1.54, 1.807) is 12.3 Å². The highest BCUT2D eigenvalue weighted by Gasteiger charge is 2.22. The van der Waals surface area contributed by atoms with Crippen molar-refractivity contribution in [1.29, 1.82) is 0 Å². The Balaban J connectivity index is 0.000000225. The second kappa shape index (κ2) is 8.14. The van der Waals surface area contributed by atoms with Crippen LogP contribution in [0.3, 0.4) is 0 Å². The third kappa shape index (κ3) is 4.56. The van der Waals surface area contributed by atoms with Crippen molar-refractivity contribution in [1.82, 2.24) is 10.2 Å². The molecule has 0 aliphatic heterocycles. The number of nitro groups is 1. The Morgan fingerprint density at radius 3 is 2.59 bits per heavy atom. The van der Waals surface area contributed by atoms with Crippen LogP contribution < -0.4 is 0 Å². The molecule has 0 amide bonds. The zero-order valence-electron chi connectivity index (χ0n) is 11.2.